The second-order valence-electron chi connectivity index (χ2n) is 11.9. The first kappa shape index (κ1) is 28.7. The van der Waals surface area contributed by atoms with Crippen LogP contribution in [-0.4, -0.2) is 47.8 Å². The molecule has 0 bridgehead atoms. The highest BCUT2D eigenvalue weighted by Gasteiger charge is 2.39. The Bertz CT molecular complexity index is 1490. The van der Waals surface area contributed by atoms with E-state index in [4.69, 9.17) is 11.6 Å². The number of likely N-dealkylation sites (tertiary alicyclic amines) is 2. The average Bonchev–Trinajstić information content (AvgIpc) is 3.38. The summed E-state index contributed by atoms with van der Waals surface area (Å²) in [4.78, 5) is 30.6. The lowest BCUT2D eigenvalue weighted by molar-refractivity contribution is 0.0285. The predicted octanol–water partition coefficient (Wildman–Crippen LogP) is 6.69. The Morgan fingerprint density at radius 2 is 1.62 bits per heavy atom. The lowest BCUT2D eigenvalue weighted by Crippen LogP contribution is -2.48. The first-order valence-corrected chi connectivity index (χ1v) is 14.9. The Morgan fingerprint density at radius 3 is 2.33 bits per heavy atom. The molecule has 42 heavy (non-hydrogen) atoms. The van der Waals surface area contributed by atoms with Crippen molar-refractivity contribution >= 4 is 23.4 Å². The average molecular weight is 596 g/mol. The minimum Gasteiger partial charge on any atom is -0.345 e. The first-order chi connectivity index (χ1) is 20.2. The Balaban J connectivity index is 1.05. The molecule has 1 unspecified atom stereocenters. The van der Waals surface area contributed by atoms with E-state index in [9.17, 15) is 22.8 Å². The molecule has 6 rings (SSSR count). The SMILES string of the molecule is O=C(NC1CCc2ccc(C(=O)N3CCC4(CCN(Cc5ccc(F)c(F)c5)CC4)CC3)cc21)c1c(F)cccc1Cl. The maximum absolute atomic E-state index is 14.3. The molecule has 1 spiro atoms. The number of nitrogens with zero attached hydrogens (tertiary/aromatic N) is 2. The number of benzene rings is 3. The van der Waals surface area contributed by atoms with Crippen molar-refractivity contribution in [1.82, 2.24) is 15.1 Å². The zero-order valence-electron chi connectivity index (χ0n) is 23.3. The van der Waals surface area contributed by atoms with Crippen LogP contribution in [0.2, 0.25) is 5.02 Å². The number of amides is 2. The Hall–Kier alpha value is -3.36. The summed E-state index contributed by atoms with van der Waals surface area (Å²) in [6.45, 7) is 3.76. The summed E-state index contributed by atoms with van der Waals surface area (Å²) in [5.41, 5.74) is 3.36. The van der Waals surface area contributed by atoms with E-state index in [2.05, 4.69) is 10.2 Å². The van der Waals surface area contributed by atoms with Crippen molar-refractivity contribution in [3.05, 3.63) is 105 Å². The number of halogens is 4. The van der Waals surface area contributed by atoms with Crippen molar-refractivity contribution in [2.24, 2.45) is 5.41 Å². The number of carbonyl (C=O) groups excluding carboxylic acids is 2. The van der Waals surface area contributed by atoms with Crippen molar-refractivity contribution in [3.8, 4) is 0 Å². The second kappa shape index (κ2) is 11.7. The Labute approximate surface area is 248 Å². The zero-order valence-corrected chi connectivity index (χ0v) is 24.0. The minimum absolute atomic E-state index is 0.0162. The third kappa shape index (κ3) is 5.79. The predicted molar refractivity (Wildman–Crippen MR) is 155 cm³/mol. The number of hydrogen-bond acceptors (Lipinski definition) is 3. The molecule has 2 aliphatic heterocycles. The van der Waals surface area contributed by atoms with Gasteiger partial charge in [-0.05, 0) is 110 Å². The van der Waals surface area contributed by atoms with Crippen molar-refractivity contribution in [2.45, 2.75) is 51.1 Å². The molecule has 0 aromatic heterocycles. The van der Waals surface area contributed by atoms with E-state index >= 15 is 0 Å². The van der Waals surface area contributed by atoms with Crippen LogP contribution in [0, 0.1) is 22.9 Å². The lowest BCUT2D eigenvalue weighted by atomic mass is 9.71. The van der Waals surface area contributed by atoms with Gasteiger partial charge in [-0.25, -0.2) is 13.2 Å². The highest BCUT2D eigenvalue weighted by atomic mass is 35.5. The van der Waals surface area contributed by atoms with E-state index in [0.29, 0.717) is 31.6 Å². The van der Waals surface area contributed by atoms with Crippen LogP contribution in [0.1, 0.15) is 75.6 Å². The van der Waals surface area contributed by atoms with E-state index in [1.54, 1.807) is 6.07 Å². The molecule has 2 heterocycles. The van der Waals surface area contributed by atoms with Gasteiger partial charge in [0.15, 0.2) is 11.6 Å². The monoisotopic (exact) mass is 595 g/mol. The van der Waals surface area contributed by atoms with Gasteiger partial charge in [-0.3, -0.25) is 14.5 Å². The smallest absolute Gasteiger partial charge is 0.256 e. The lowest BCUT2D eigenvalue weighted by Gasteiger charge is -2.47. The van der Waals surface area contributed by atoms with E-state index in [1.165, 1.54) is 30.3 Å². The summed E-state index contributed by atoms with van der Waals surface area (Å²) < 4.78 is 41.2. The molecule has 2 amide bonds. The summed E-state index contributed by atoms with van der Waals surface area (Å²) in [5, 5.41) is 2.98. The van der Waals surface area contributed by atoms with Crippen LogP contribution in [-0.2, 0) is 13.0 Å². The van der Waals surface area contributed by atoms with Gasteiger partial charge in [-0.2, -0.15) is 0 Å². The van der Waals surface area contributed by atoms with Crippen LogP contribution in [0.3, 0.4) is 0 Å². The molecule has 0 radical (unpaired) electrons. The molecule has 2 fully saturated rings. The van der Waals surface area contributed by atoms with Gasteiger partial charge < -0.3 is 10.2 Å². The van der Waals surface area contributed by atoms with Gasteiger partial charge in [-0.1, -0.05) is 29.8 Å². The molecule has 9 heteroatoms. The van der Waals surface area contributed by atoms with E-state index in [-0.39, 0.29) is 28.0 Å². The Morgan fingerprint density at radius 1 is 0.881 bits per heavy atom. The highest BCUT2D eigenvalue weighted by molar-refractivity contribution is 6.33. The van der Waals surface area contributed by atoms with Crippen molar-refractivity contribution in [1.29, 1.82) is 0 Å². The Kier molecular flexibility index (Phi) is 8.03. The van der Waals surface area contributed by atoms with Crippen LogP contribution in [0.4, 0.5) is 13.2 Å². The summed E-state index contributed by atoms with van der Waals surface area (Å²) in [7, 11) is 0. The van der Waals surface area contributed by atoms with Gasteiger partial charge in [0.05, 0.1) is 16.6 Å². The molecule has 1 aliphatic carbocycles. The van der Waals surface area contributed by atoms with Crippen LogP contribution >= 0.6 is 11.6 Å². The van der Waals surface area contributed by atoms with Gasteiger partial charge in [0.2, 0.25) is 0 Å². The summed E-state index contributed by atoms with van der Waals surface area (Å²) in [6, 6.07) is 13.6. The van der Waals surface area contributed by atoms with Gasteiger partial charge in [0.25, 0.3) is 11.8 Å². The van der Waals surface area contributed by atoms with Crippen LogP contribution in [0.5, 0.6) is 0 Å². The molecule has 220 valence electrons. The molecular formula is C33H33ClF3N3O2. The van der Waals surface area contributed by atoms with E-state index in [0.717, 1.165) is 61.9 Å². The molecule has 3 aromatic rings. The molecule has 3 aromatic carbocycles. The highest BCUT2D eigenvalue weighted by Crippen LogP contribution is 2.42. The topological polar surface area (TPSA) is 52.7 Å². The quantitative estimate of drug-likeness (QED) is 0.357. The van der Waals surface area contributed by atoms with Gasteiger partial charge in [0, 0.05) is 25.2 Å². The number of fused-ring (bicyclic) bond motifs is 1. The van der Waals surface area contributed by atoms with Crippen LogP contribution in [0.25, 0.3) is 0 Å². The maximum atomic E-state index is 14.3. The molecular weight excluding hydrogens is 563 g/mol. The largest absolute Gasteiger partial charge is 0.345 e. The second-order valence-corrected chi connectivity index (χ2v) is 12.3. The van der Waals surface area contributed by atoms with E-state index in [1.807, 2.05) is 23.1 Å². The molecule has 2 saturated heterocycles. The van der Waals surface area contributed by atoms with Crippen molar-refractivity contribution < 1.29 is 22.8 Å². The fourth-order valence-corrected chi connectivity index (χ4v) is 7.03. The number of piperidine rings is 2. The number of aryl methyl sites for hydroxylation is 1. The molecule has 5 nitrogen and oxygen atoms in total. The normalized spacial score (nSPS) is 20.0. The molecule has 0 saturated carbocycles. The number of carbonyl (C=O) groups is 2. The molecule has 1 atom stereocenters. The van der Waals surface area contributed by atoms with Crippen molar-refractivity contribution in [2.75, 3.05) is 26.2 Å². The standard InChI is InChI=1S/C33H33ClF3N3O2/c34-25-2-1-3-27(36)30(25)31(41)38-29-9-7-22-5-6-23(19-24(22)29)32(42)40-16-12-33(13-17-40)10-14-39(15-11-33)20-21-4-8-26(35)28(37)18-21/h1-6,8,18-19,29H,7,9-17,20H2,(H,38,41). The molecule has 3 aliphatic rings. The summed E-state index contributed by atoms with van der Waals surface area (Å²) in [5.74, 6) is -2.88. The fraction of sp³-hybridized carbons (Fsp3) is 0.394. The fourth-order valence-electron chi connectivity index (χ4n) is 6.78. The number of rotatable bonds is 5. The van der Waals surface area contributed by atoms with Gasteiger partial charge >= 0.3 is 0 Å². The van der Waals surface area contributed by atoms with Gasteiger partial charge in [-0.15, -0.1) is 0 Å². The maximum Gasteiger partial charge on any atom is 0.256 e. The third-order valence-electron chi connectivity index (χ3n) is 9.38. The third-order valence-corrected chi connectivity index (χ3v) is 9.70. The number of hydrogen-bond donors (Lipinski definition) is 1. The zero-order chi connectivity index (χ0) is 29.4. The van der Waals surface area contributed by atoms with Gasteiger partial charge in [0.1, 0.15) is 5.82 Å². The minimum atomic E-state index is -0.825. The van der Waals surface area contributed by atoms with E-state index < -0.39 is 23.4 Å². The first-order valence-electron chi connectivity index (χ1n) is 14.5. The summed E-state index contributed by atoms with van der Waals surface area (Å²) in [6.07, 6.45) is 5.34. The van der Waals surface area contributed by atoms with Crippen molar-refractivity contribution in [3.63, 3.8) is 0 Å². The summed E-state index contributed by atoms with van der Waals surface area (Å²) >= 11 is 6.09. The molecule has 1 N–H and O–H groups in total. The van der Waals surface area contributed by atoms with Crippen LogP contribution < -0.4 is 5.32 Å². The van der Waals surface area contributed by atoms with Crippen LogP contribution in [0.15, 0.2) is 54.6 Å². The number of nitrogens with one attached hydrogen (secondary N) is 1.